The molecule has 1 atom stereocenters. The second-order valence-electron chi connectivity index (χ2n) is 6.38. The Hall–Kier alpha value is -2.34. The molecule has 2 heterocycles. The van der Waals surface area contributed by atoms with Crippen molar-refractivity contribution in [3.8, 4) is 0 Å². The normalized spacial score (nSPS) is 19.6. The van der Waals surface area contributed by atoms with Crippen molar-refractivity contribution < 1.29 is 45.5 Å². The number of benzene rings is 1. The van der Waals surface area contributed by atoms with Gasteiger partial charge < -0.3 is 9.94 Å². The molecule has 4 nitrogen and oxygen atoms in total. The van der Waals surface area contributed by atoms with Gasteiger partial charge in [0.05, 0.1) is 21.9 Å². The molecule has 0 saturated heterocycles. The second-order valence-corrected chi connectivity index (χ2v) is 7.84. The number of carboxylic acids is 1. The van der Waals surface area contributed by atoms with Crippen molar-refractivity contribution in [1.29, 1.82) is 0 Å². The topological polar surface area (TPSA) is 58.9 Å². The van der Waals surface area contributed by atoms with E-state index in [4.69, 9.17) is 16.7 Å². The lowest BCUT2D eigenvalue weighted by Crippen LogP contribution is -2.43. The van der Waals surface area contributed by atoms with Gasteiger partial charge in [0.1, 0.15) is 16.4 Å². The lowest BCUT2D eigenvalue weighted by atomic mass is 9.86. The van der Waals surface area contributed by atoms with E-state index in [2.05, 4.69) is 9.99 Å². The molecule has 1 unspecified atom stereocenters. The Bertz CT molecular complexity index is 1060. The standard InChI is InChI=1S/C17H9ClF7NO3S/c1-6-2-11(30-13(6)14(27)28)10-5-15(29-26-10,17(23,24)25)8-3-7(16(20,21)22)4-9(18)12(8)19/h2-4H,5H2,1H3,(H,27,28). The van der Waals surface area contributed by atoms with Crippen LogP contribution < -0.4 is 0 Å². The first-order valence-electron chi connectivity index (χ1n) is 7.90. The molecule has 1 aromatic heterocycles. The van der Waals surface area contributed by atoms with Crippen LogP contribution in [0.3, 0.4) is 0 Å². The SMILES string of the molecule is Cc1cc(C2=NOC(c3cc(C(F)(F)F)cc(Cl)c3F)(C(F)(F)F)C2)sc1C(=O)O. The number of hydrogen-bond acceptors (Lipinski definition) is 4. The molecule has 0 fully saturated rings. The van der Waals surface area contributed by atoms with Crippen molar-refractivity contribution in [3.63, 3.8) is 0 Å². The molecule has 3 rings (SSSR count). The Morgan fingerprint density at radius 2 is 1.87 bits per heavy atom. The largest absolute Gasteiger partial charge is 0.477 e. The van der Waals surface area contributed by atoms with Crippen LogP contribution in [-0.2, 0) is 16.6 Å². The van der Waals surface area contributed by atoms with Gasteiger partial charge >= 0.3 is 18.3 Å². The third kappa shape index (κ3) is 3.62. The summed E-state index contributed by atoms with van der Waals surface area (Å²) in [6.45, 7) is 1.41. The van der Waals surface area contributed by atoms with E-state index in [0.29, 0.717) is 11.3 Å². The summed E-state index contributed by atoms with van der Waals surface area (Å²) in [5.41, 5.74) is -6.78. The number of halogens is 8. The first-order chi connectivity index (χ1) is 13.7. The van der Waals surface area contributed by atoms with Crippen LogP contribution in [0.2, 0.25) is 5.02 Å². The summed E-state index contributed by atoms with van der Waals surface area (Å²) in [6, 6.07) is 1.40. The van der Waals surface area contributed by atoms with Crippen molar-refractivity contribution in [2.45, 2.75) is 31.3 Å². The maximum atomic E-state index is 14.5. The summed E-state index contributed by atoms with van der Waals surface area (Å²) < 4.78 is 95.6. The minimum atomic E-state index is -5.38. The highest BCUT2D eigenvalue weighted by molar-refractivity contribution is 7.16. The van der Waals surface area contributed by atoms with E-state index in [9.17, 15) is 35.5 Å². The summed E-state index contributed by atoms with van der Waals surface area (Å²) in [7, 11) is 0. The van der Waals surface area contributed by atoms with Gasteiger partial charge in [-0.2, -0.15) is 26.3 Å². The number of aromatic carboxylic acids is 1. The lowest BCUT2D eigenvalue weighted by Gasteiger charge is -2.30. The van der Waals surface area contributed by atoms with Gasteiger partial charge in [0, 0.05) is 5.56 Å². The molecule has 0 aliphatic carbocycles. The minimum Gasteiger partial charge on any atom is -0.477 e. The zero-order chi connectivity index (χ0) is 22.6. The molecule has 0 bridgehead atoms. The zero-order valence-electron chi connectivity index (χ0n) is 14.6. The van der Waals surface area contributed by atoms with E-state index in [1.165, 1.54) is 13.0 Å². The highest BCUT2D eigenvalue weighted by atomic mass is 35.5. The summed E-state index contributed by atoms with van der Waals surface area (Å²) >= 11 is 6.04. The molecule has 2 aromatic rings. The van der Waals surface area contributed by atoms with Crippen molar-refractivity contribution >= 4 is 34.6 Å². The highest BCUT2D eigenvalue weighted by Crippen LogP contribution is 2.51. The van der Waals surface area contributed by atoms with Crippen LogP contribution in [-0.4, -0.2) is 23.0 Å². The van der Waals surface area contributed by atoms with Gasteiger partial charge in [0.15, 0.2) is 0 Å². The number of nitrogens with zero attached hydrogens (tertiary/aromatic N) is 1. The molecular formula is C17H9ClF7NO3S. The minimum absolute atomic E-state index is 0.00509. The first-order valence-corrected chi connectivity index (χ1v) is 9.09. The molecule has 0 amide bonds. The number of rotatable bonds is 3. The molecule has 30 heavy (non-hydrogen) atoms. The number of thiophene rings is 1. The maximum Gasteiger partial charge on any atom is 0.435 e. The second kappa shape index (κ2) is 7.12. The number of aryl methyl sites for hydroxylation is 1. The number of carbonyl (C=O) groups is 1. The smallest absolute Gasteiger partial charge is 0.435 e. The monoisotopic (exact) mass is 475 g/mol. The summed E-state index contributed by atoms with van der Waals surface area (Å²) in [4.78, 5) is 15.5. The first kappa shape index (κ1) is 22.3. The van der Waals surface area contributed by atoms with Crippen LogP contribution in [0.1, 0.15) is 37.7 Å². The van der Waals surface area contributed by atoms with Crippen molar-refractivity contribution in [2.24, 2.45) is 5.16 Å². The fourth-order valence-electron chi connectivity index (χ4n) is 2.90. The molecule has 0 saturated carbocycles. The molecule has 1 aliphatic rings. The van der Waals surface area contributed by atoms with Crippen molar-refractivity contribution in [1.82, 2.24) is 0 Å². The summed E-state index contributed by atoms with van der Waals surface area (Å²) in [5, 5.41) is 11.2. The van der Waals surface area contributed by atoms with E-state index >= 15 is 0 Å². The molecule has 13 heteroatoms. The maximum absolute atomic E-state index is 14.5. The average Bonchev–Trinajstić information content (AvgIpc) is 3.20. The molecule has 162 valence electrons. The Balaban J connectivity index is 2.13. The summed E-state index contributed by atoms with van der Waals surface area (Å²) in [5.74, 6) is -3.05. The number of hydrogen-bond donors (Lipinski definition) is 1. The number of carboxylic acid groups (broad SMARTS) is 1. The Labute approximate surface area is 172 Å². The highest BCUT2D eigenvalue weighted by Gasteiger charge is 2.64. The number of alkyl halides is 6. The van der Waals surface area contributed by atoms with Gasteiger partial charge in [-0.15, -0.1) is 11.3 Å². The molecular weight excluding hydrogens is 467 g/mol. The fraction of sp³-hybridized carbons (Fsp3) is 0.294. The van der Waals surface area contributed by atoms with E-state index < -0.39 is 52.3 Å². The van der Waals surface area contributed by atoms with E-state index in [-0.39, 0.29) is 33.2 Å². The molecule has 1 aromatic carbocycles. The van der Waals surface area contributed by atoms with Crippen LogP contribution in [0.4, 0.5) is 30.7 Å². The van der Waals surface area contributed by atoms with Crippen LogP contribution in [0.25, 0.3) is 0 Å². The van der Waals surface area contributed by atoms with Gasteiger partial charge in [-0.1, -0.05) is 16.8 Å². The Morgan fingerprint density at radius 3 is 2.37 bits per heavy atom. The predicted octanol–water partition coefficient (Wildman–Crippen LogP) is 6.15. The van der Waals surface area contributed by atoms with E-state index in [1.807, 2.05) is 0 Å². The van der Waals surface area contributed by atoms with Gasteiger partial charge in [-0.05, 0) is 30.7 Å². The van der Waals surface area contributed by atoms with Crippen LogP contribution >= 0.6 is 22.9 Å². The van der Waals surface area contributed by atoms with E-state index in [1.54, 1.807) is 0 Å². The van der Waals surface area contributed by atoms with Gasteiger partial charge in [0.25, 0.3) is 5.60 Å². The van der Waals surface area contributed by atoms with Gasteiger partial charge in [0.2, 0.25) is 0 Å². The van der Waals surface area contributed by atoms with Crippen LogP contribution in [0, 0.1) is 12.7 Å². The Kier molecular flexibility index (Phi) is 5.30. The zero-order valence-corrected chi connectivity index (χ0v) is 16.2. The third-order valence-electron chi connectivity index (χ3n) is 4.37. The Morgan fingerprint density at radius 1 is 1.23 bits per heavy atom. The quantitative estimate of drug-likeness (QED) is 0.542. The van der Waals surface area contributed by atoms with E-state index in [0.717, 1.165) is 0 Å². The van der Waals surface area contributed by atoms with Crippen molar-refractivity contribution in [2.75, 3.05) is 0 Å². The summed E-state index contributed by atoms with van der Waals surface area (Å²) in [6.07, 6.45) is -11.7. The van der Waals surface area contributed by atoms with Gasteiger partial charge in [-0.25, -0.2) is 9.18 Å². The predicted molar refractivity (Wildman–Crippen MR) is 92.4 cm³/mol. The molecule has 1 aliphatic heterocycles. The van der Waals surface area contributed by atoms with Crippen LogP contribution in [0.15, 0.2) is 23.4 Å². The molecule has 1 N–H and O–H groups in total. The van der Waals surface area contributed by atoms with Crippen molar-refractivity contribution in [3.05, 3.63) is 55.5 Å². The van der Waals surface area contributed by atoms with Gasteiger partial charge in [-0.3, -0.25) is 0 Å². The third-order valence-corrected chi connectivity index (χ3v) is 5.92. The van der Waals surface area contributed by atoms with Crippen LogP contribution in [0.5, 0.6) is 0 Å². The number of oxime groups is 1. The average molecular weight is 476 g/mol. The lowest BCUT2D eigenvalue weighted by molar-refractivity contribution is -0.276. The fourth-order valence-corrected chi connectivity index (χ4v) is 4.11. The molecule has 0 radical (unpaired) electrons. The molecule has 0 spiro atoms.